The molecule has 21 heavy (non-hydrogen) atoms. The molecule has 2 fully saturated rings. The fraction of sp³-hybridized carbons (Fsp3) is 0.562. The van der Waals surface area contributed by atoms with Gasteiger partial charge in [-0.3, -0.25) is 4.99 Å². The molecule has 2 aliphatic rings. The van der Waals surface area contributed by atoms with E-state index in [1.165, 1.54) is 31.0 Å². The number of nitrogens with zero attached hydrogens (tertiary/aromatic N) is 1. The molecule has 2 atom stereocenters. The molecule has 114 valence electrons. The van der Waals surface area contributed by atoms with Crippen molar-refractivity contribution in [2.45, 2.75) is 50.1 Å². The molecule has 0 radical (unpaired) electrons. The lowest BCUT2D eigenvalue weighted by atomic mass is 10.1. The monoisotopic (exact) mass is 293 g/mol. The molecule has 2 N–H and O–H groups in total. The standard InChI is InChI=1S/C16H21F2N3/c1-19-16(20-10-5-2-3-6-10)21-14-9-11(14)15-12(17)7-4-8-13(15)18/h4,7-8,10-11,14H,2-3,5-6,9H2,1H3,(H2,19,20,21). The van der Waals surface area contributed by atoms with Gasteiger partial charge >= 0.3 is 0 Å². The molecule has 0 spiro atoms. The second kappa shape index (κ2) is 6.00. The van der Waals surface area contributed by atoms with Gasteiger partial charge in [-0.1, -0.05) is 18.9 Å². The van der Waals surface area contributed by atoms with E-state index in [2.05, 4.69) is 15.6 Å². The molecule has 1 aromatic rings. The van der Waals surface area contributed by atoms with E-state index in [4.69, 9.17) is 0 Å². The van der Waals surface area contributed by atoms with E-state index in [0.717, 1.165) is 25.2 Å². The summed E-state index contributed by atoms with van der Waals surface area (Å²) in [5.74, 6) is -0.273. The van der Waals surface area contributed by atoms with Crippen LogP contribution < -0.4 is 10.6 Å². The SMILES string of the molecule is CN=C(NC1CCCC1)NC1CC1c1c(F)cccc1F. The van der Waals surface area contributed by atoms with E-state index in [-0.39, 0.29) is 17.5 Å². The molecule has 0 bridgehead atoms. The molecule has 0 saturated heterocycles. The van der Waals surface area contributed by atoms with Gasteiger partial charge in [0, 0.05) is 30.6 Å². The molecule has 1 aromatic carbocycles. The Morgan fingerprint density at radius 3 is 2.43 bits per heavy atom. The Hall–Kier alpha value is -1.65. The highest BCUT2D eigenvalue weighted by Gasteiger charge is 2.42. The zero-order valence-corrected chi connectivity index (χ0v) is 12.2. The van der Waals surface area contributed by atoms with Crippen LogP contribution in [0.3, 0.4) is 0 Å². The van der Waals surface area contributed by atoms with Crippen molar-refractivity contribution >= 4 is 5.96 Å². The molecule has 0 aliphatic heterocycles. The third-order valence-electron chi connectivity index (χ3n) is 4.40. The highest BCUT2D eigenvalue weighted by molar-refractivity contribution is 5.80. The lowest BCUT2D eigenvalue weighted by molar-refractivity contribution is 0.552. The number of halogens is 2. The van der Waals surface area contributed by atoms with Crippen LogP contribution in [0.15, 0.2) is 23.2 Å². The van der Waals surface area contributed by atoms with Crippen molar-refractivity contribution in [2.75, 3.05) is 7.05 Å². The Morgan fingerprint density at radius 1 is 1.14 bits per heavy atom. The highest BCUT2D eigenvalue weighted by Crippen LogP contribution is 2.43. The minimum atomic E-state index is -0.456. The zero-order chi connectivity index (χ0) is 14.8. The molecular weight excluding hydrogens is 272 g/mol. The van der Waals surface area contributed by atoms with E-state index in [1.54, 1.807) is 7.05 Å². The van der Waals surface area contributed by atoms with Crippen LogP contribution in [-0.4, -0.2) is 25.1 Å². The first-order chi connectivity index (χ1) is 10.2. The first-order valence-corrected chi connectivity index (χ1v) is 7.63. The summed E-state index contributed by atoms with van der Waals surface area (Å²) in [6.07, 6.45) is 5.57. The summed E-state index contributed by atoms with van der Waals surface area (Å²) >= 11 is 0. The van der Waals surface area contributed by atoms with Crippen LogP contribution in [0.5, 0.6) is 0 Å². The summed E-state index contributed by atoms with van der Waals surface area (Å²) in [6, 6.07) is 4.57. The first-order valence-electron chi connectivity index (χ1n) is 7.63. The Balaban J connectivity index is 1.60. The van der Waals surface area contributed by atoms with Crippen molar-refractivity contribution in [3.8, 4) is 0 Å². The number of nitrogens with one attached hydrogen (secondary N) is 2. The van der Waals surface area contributed by atoms with Gasteiger partial charge in [0.25, 0.3) is 0 Å². The van der Waals surface area contributed by atoms with Gasteiger partial charge in [-0.2, -0.15) is 0 Å². The van der Waals surface area contributed by atoms with E-state index < -0.39 is 11.6 Å². The van der Waals surface area contributed by atoms with Crippen molar-refractivity contribution in [3.05, 3.63) is 35.4 Å². The molecular formula is C16H21F2N3. The van der Waals surface area contributed by atoms with Crippen LogP contribution >= 0.6 is 0 Å². The molecule has 3 rings (SSSR count). The average molecular weight is 293 g/mol. The maximum atomic E-state index is 13.7. The highest BCUT2D eigenvalue weighted by atomic mass is 19.1. The van der Waals surface area contributed by atoms with E-state index in [1.807, 2.05) is 0 Å². The predicted molar refractivity (Wildman–Crippen MR) is 79.4 cm³/mol. The molecule has 0 heterocycles. The van der Waals surface area contributed by atoms with Crippen LogP contribution in [0, 0.1) is 11.6 Å². The Labute approximate surface area is 123 Å². The van der Waals surface area contributed by atoms with Gasteiger partial charge < -0.3 is 10.6 Å². The summed E-state index contributed by atoms with van der Waals surface area (Å²) in [6.45, 7) is 0. The van der Waals surface area contributed by atoms with Gasteiger partial charge in [-0.15, -0.1) is 0 Å². The number of aliphatic imine (C=N–C) groups is 1. The number of guanidine groups is 1. The van der Waals surface area contributed by atoms with Gasteiger partial charge in [-0.25, -0.2) is 8.78 Å². The van der Waals surface area contributed by atoms with Crippen molar-refractivity contribution in [1.29, 1.82) is 0 Å². The second-order valence-corrected chi connectivity index (χ2v) is 5.93. The summed E-state index contributed by atoms with van der Waals surface area (Å²) < 4.78 is 27.5. The Kier molecular flexibility index (Phi) is 4.08. The number of rotatable bonds is 3. The van der Waals surface area contributed by atoms with Crippen molar-refractivity contribution in [3.63, 3.8) is 0 Å². The quantitative estimate of drug-likeness (QED) is 0.664. The molecule has 2 unspecified atom stereocenters. The molecule has 0 amide bonds. The fourth-order valence-electron chi connectivity index (χ4n) is 3.15. The van der Waals surface area contributed by atoms with Crippen molar-refractivity contribution < 1.29 is 8.78 Å². The lowest BCUT2D eigenvalue weighted by Crippen LogP contribution is -2.43. The van der Waals surface area contributed by atoms with Gasteiger partial charge in [0.2, 0.25) is 0 Å². The van der Waals surface area contributed by atoms with E-state index >= 15 is 0 Å². The second-order valence-electron chi connectivity index (χ2n) is 5.93. The van der Waals surface area contributed by atoms with Gasteiger partial charge in [-0.05, 0) is 31.4 Å². The zero-order valence-electron chi connectivity index (χ0n) is 12.2. The van der Waals surface area contributed by atoms with Gasteiger partial charge in [0.1, 0.15) is 11.6 Å². The largest absolute Gasteiger partial charge is 0.354 e. The van der Waals surface area contributed by atoms with Crippen LogP contribution in [0.4, 0.5) is 8.78 Å². The third-order valence-corrected chi connectivity index (χ3v) is 4.40. The van der Waals surface area contributed by atoms with Gasteiger partial charge in [0.05, 0.1) is 0 Å². The average Bonchev–Trinajstić information content (AvgIpc) is 2.99. The molecule has 2 saturated carbocycles. The Morgan fingerprint density at radius 2 is 1.81 bits per heavy atom. The van der Waals surface area contributed by atoms with E-state index in [0.29, 0.717) is 6.04 Å². The minimum absolute atomic E-state index is 0.0593. The number of benzene rings is 1. The van der Waals surface area contributed by atoms with Crippen molar-refractivity contribution in [1.82, 2.24) is 10.6 Å². The first kappa shape index (κ1) is 14.3. The third kappa shape index (κ3) is 3.17. The number of hydrogen-bond acceptors (Lipinski definition) is 1. The Bertz CT molecular complexity index is 518. The summed E-state index contributed by atoms with van der Waals surface area (Å²) in [4.78, 5) is 4.21. The number of hydrogen-bond donors (Lipinski definition) is 2. The maximum absolute atomic E-state index is 13.7. The summed E-state index contributed by atoms with van der Waals surface area (Å²) in [7, 11) is 1.73. The predicted octanol–water partition coefficient (Wildman–Crippen LogP) is 2.93. The van der Waals surface area contributed by atoms with Gasteiger partial charge in [0.15, 0.2) is 5.96 Å². The molecule has 2 aliphatic carbocycles. The fourth-order valence-corrected chi connectivity index (χ4v) is 3.15. The normalized spacial score (nSPS) is 26.0. The van der Waals surface area contributed by atoms with Crippen molar-refractivity contribution in [2.24, 2.45) is 4.99 Å². The topological polar surface area (TPSA) is 36.4 Å². The van der Waals surface area contributed by atoms with Crippen LogP contribution in [0.25, 0.3) is 0 Å². The molecule has 0 aromatic heterocycles. The minimum Gasteiger partial charge on any atom is -0.354 e. The van der Waals surface area contributed by atoms with Crippen LogP contribution in [-0.2, 0) is 0 Å². The van der Waals surface area contributed by atoms with Crippen LogP contribution in [0.1, 0.15) is 43.6 Å². The smallest absolute Gasteiger partial charge is 0.191 e. The van der Waals surface area contributed by atoms with Crippen LogP contribution in [0.2, 0.25) is 0 Å². The summed E-state index contributed by atoms with van der Waals surface area (Å²) in [5, 5.41) is 6.67. The maximum Gasteiger partial charge on any atom is 0.191 e. The molecule has 5 heteroatoms. The lowest BCUT2D eigenvalue weighted by Gasteiger charge is -2.17. The molecule has 3 nitrogen and oxygen atoms in total. The van der Waals surface area contributed by atoms with E-state index in [9.17, 15) is 8.78 Å². The summed E-state index contributed by atoms with van der Waals surface area (Å²) in [5.41, 5.74) is 0.200.